The summed E-state index contributed by atoms with van der Waals surface area (Å²) in [5, 5.41) is 9.65. The van der Waals surface area contributed by atoms with Crippen molar-refractivity contribution >= 4 is 17.2 Å². The number of aliphatic imine (C=N–C) groups is 1. The first-order chi connectivity index (χ1) is 13.3. The molecular weight excluding hydrogens is 373 g/mol. The number of rotatable bonds is 5. The van der Waals surface area contributed by atoms with Crippen LogP contribution in [-0.4, -0.2) is 49.6 Å². The van der Waals surface area contributed by atoms with Crippen LogP contribution in [0.1, 0.15) is 11.1 Å². The lowest BCUT2D eigenvalue weighted by atomic mass is 10.0. The maximum Gasteiger partial charge on any atom is 0.571 e. The number of likely N-dealkylation sites (N-methyl/N-ethyl adjacent to an activating group) is 1. The van der Waals surface area contributed by atoms with Crippen LogP contribution in [0.15, 0.2) is 53.5 Å². The second kappa shape index (κ2) is 7.29. The third-order valence-electron chi connectivity index (χ3n) is 4.80. The molecule has 1 N–H and O–H groups in total. The second-order valence-electron chi connectivity index (χ2n) is 6.31. The largest absolute Gasteiger partial charge is 0.571 e. The number of alkyl halides is 3. The highest BCUT2D eigenvalue weighted by Gasteiger charge is 2.62. The van der Waals surface area contributed by atoms with E-state index in [2.05, 4.69) is 4.99 Å². The highest BCUT2D eigenvalue weighted by molar-refractivity contribution is 6.01. The van der Waals surface area contributed by atoms with Crippen LogP contribution in [-0.2, 0) is 0 Å². The molecule has 8 heteroatoms. The number of ether oxygens (including phenoxy) is 2. The fourth-order valence-corrected chi connectivity index (χ4v) is 3.17. The minimum Gasteiger partial charge on any atom is -0.497 e. The zero-order valence-corrected chi connectivity index (χ0v) is 15.6. The molecule has 0 bridgehead atoms. The Hall–Kier alpha value is -2.84. The van der Waals surface area contributed by atoms with E-state index in [0.29, 0.717) is 22.6 Å². The monoisotopic (exact) mass is 393 g/mol. The Balaban J connectivity index is 2.27. The van der Waals surface area contributed by atoms with Gasteiger partial charge in [0.25, 0.3) is 0 Å². The number of nitrogens with zero attached hydrogens (tertiary/aromatic N) is 2. The highest BCUT2D eigenvalue weighted by Crippen LogP contribution is 2.47. The first kappa shape index (κ1) is 19.9. The minimum absolute atomic E-state index is 0.0654. The summed E-state index contributed by atoms with van der Waals surface area (Å²) >= 11 is 0. The first-order valence-electron chi connectivity index (χ1n) is 8.42. The Morgan fingerprint density at radius 3 is 1.75 bits per heavy atom. The lowest BCUT2D eigenvalue weighted by molar-refractivity contribution is -0.879. The molecule has 2 aromatic carbocycles. The van der Waals surface area contributed by atoms with E-state index in [0.717, 1.165) is 7.05 Å². The third kappa shape index (κ3) is 3.14. The molecule has 0 aromatic heterocycles. The predicted octanol–water partition coefficient (Wildman–Crippen LogP) is 3.90. The van der Waals surface area contributed by atoms with Crippen LogP contribution in [0.3, 0.4) is 0 Å². The van der Waals surface area contributed by atoms with Crippen LogP contribution in [0.5, 0.6) is 11.5 Å². The topological polar surface area (TPSA) is 51.0 Å². The second-order valence-corrected chi connectivity index (χ2v) is 6.31. The molecule has 0 spiro atoms. The fraction of sp³-hybridized carbons (Fsp3) is 0.250. The van der Waals surface area contributed by atoms with Crippen LogP contribution in [0.2, 0.25) is 0 Å². The Bertz CT molecular complexity index is 919. The smallest absolute Gasteiger partial charge is 0.497 e. The Kier molecular flexibility index (Phi) is 5.18. The zero-order valence-electron chi connectivity index (χ0n) is 15.6. The van der Waals surface area contributed by atoms with E-state index in [1.807, 2.05) is 0 Å². The van der Waals surface area contributed by atoms with E-state index in [1.165, 1.54) is 14.2 Å². The van der Waals surface area contributed by atoms with E-state index >= 15 is 0 Å². The van der Waals surface area contributed by atoms with Crippen LogP contribution in [0.25, 0.3) is 11.4 Å². The molecule has 1 aliphatic heterocycles. The van der Waals surface area contributed by atoms with E-state index < -0.39 is 23.2 Å². The number of aliphatic hydroxyl groups excluding tert-OH is 1. The average molecular weight is 393 g/mol. The molecule has 0 amide bonds. The van der Waals surface area contributed by atoms with Crippen LogP contribution < -0.4 is 9.47 Å². The number of methoxy groups -OCH3 is 2. The van der Waals surface area contributed by atoms with Crippen molar-refractivity contribution in [3.05, 3.63) is 59.7 Å². The van der Waals surface area contributed by atoms with Gasteiger partial charge in [-0.3, -0.25) is 0 Å². The summed E-state index contributed by atoms with van der Waals surface area (Å²) < 4.78 is 51.2. The van der Waals surface area contributed by atoms with Crippen molar-refractivity contribution in [3.8, 4) is 11.5 Å². The van der Waals surface area contributed by atoms with Gasteiger partial charge in [-0.25, -0.2) is 0 Å². The molecule has 2 aromatic rings. The maximum absolute atomic E-state index is 14.2. The van der Waals surface area contributed by atoms with Gasteiger partial charge in [0.2, 0.25) is 5.84 Å². The maximum atomic E-state index is 14.2. The van der Waals surface area contributed by atoms with Crippen molar-refractivity contribution in [2.75, 3.05) is 27.9 Å². The number of quaternary nitrogens is 1. The number of benzene rings is 2. The molecule has 0 fully saturated rings. The summed E-state index contributed by atoms with van der Waals surface area (Å²) in [5.74, 6) is 0.703. The summed E-state index contributed by atoms with van der Waals surface area (Å²) in [5.41, 5.74) is 0.906. The Morgan fingerprint density at radius 1 is 0.893 bits per heavy atom. The van der Waals surface area contributed by atoms with Gasteiger partial charge in [-0.2, -0.15) is 9.48 Å². The molecule has 148 valence electrons. The molecule has 28 heavy (non-hydrogen) atoms. The minimum atomic E-state index is -4.70. The molecule has 0 saturated heterocycles. The van der Waals surface area contributed by atoms with Crippen molar-refractivity contribution in [1.82, 2.24) is 0 Å². The summed E-state index contributed by atoms with van der Waals surface area (Å²) in [6.45, 7) is -0.824. The van der Waals surface area contributed by atoms with Crippen molar-refractivity contribution in [2.24, 2.45) is 4.99 Å². The molecule has 0 saturated carbocycles. The molecule has 5 nitrogen and oxygen atoms in total. The quantitative estimate of drug-likeness (QED) is 0.619. The zero-order chi connectivity index (χ0) is 20.5. The van der Waals surface area contributed by atoms with Gasteiger partial charge in [0.15, 0.2) is 5.70 Å². The van der Waals surface area contributed by atoms with E-state index in [-0.39, 0.29) is 11.4 Å². The number of halogens is 3. The van der Waals surface area contributed by atoms with Gasteiger partial charge in [0.05, 0.1) is 21.3 Å². The van der Waals surface area contributed by atoms with Crippen LogP contribution >= 0.6 is 0 Å². The standard InChI is InChI=1S/C20H20F3N2O3/c1-25(20(21,22)23)17(12-26)24-18(13-4-8-15(27-2)9-5-13)19(25)14-6-10-16(28-3)11-7-14/h4-11,26H,12H2,1-3H3/q+1. The summed E-state index contributed by atoms with van der Waals surface area (Å²) in [7, 11) is 3.98. The third-order valence-corrected chi connectivity index (χ3v) is 4.80. The molecular formula is C20H20F3N2O3+. The molecule has 3 rings (SSSR count). The summed E-state index contributed by atoms with van der Waals surface area (Å²) in [6, 6.07) is 12.9. The normalized spacial score (nSPS) is 19.6. The lowest BCUT2D eigenvalue weighted by Gasteiger charge is -2.32. The highest BCUT2D eigenvalue weighted by atomic mass is 19.4. The van der Waals surface area contributed by atoms with Gasteiger partial charge >= 0.3 is 6.30 Å². The number of hydrogen-bond donors (Lipinski definition) is 1. The molecule has 1 unspecified atom stereocenters. The Labute approximate surface area is 160 Å². The summed E-state index contributed by atoms with van der Waals surface area (Å²) in [4.78, 5) is 4.18. The number of aliphatic hydroxyl groups is 1. The van der Waals surface area contributed by atoms with Crippen molar-refractivity contribution in [1.29, 1.82) is 0 Å². The molecule has 1 atom stereocenters. The van der Waals surface area contributed by atoms with Gasteiger partial charge in [-0.1, -0.05) is 0 Å². The number of hydrogen-bond acceptors (Lipinski definition) is 4. The lowest BCUT2D eigenvalue weighted by Crippen LogP contribution is -2.56. The van der Waals surface area contributed by atoms with E-state index in [1.54, 1.807) is 48.5 Å². The van der Waals surface area contributed by atoms with E-state index in [4.69, 9.17) is 9.47 Å². The van der Waals surface area contributed by atoms with Crippen LogP contribution in [0.4, 0.5) is 13.2 Å². The fourth-order valence-electron chi connectivity index (χ4n) is 3.17. The van der Waals surface area contributed by atoms with Crippen molar-refractivity contribution in [3.63, 3.8) is 0 Å². The molecule has 1 heterocycles. The van der Waals surface area contributed by atoms with Gasteiger partial charge in [0, 0.05) is 11.1 Å². The van der Waals surface area contributed by atoms with E-state index in [9.17, 15) is 18.3 Å². The predicted molar refractivity (Wildman–Crippen MR) is 99.6 cm³/mol. The van der Waals surface area contributed by atoms with Gasteiger partial charge in [-0.05, 0) is 48.5 Å². The average Bonchev–Trinajstić information content (AvgIpc) is 3.01. The van der Waals surface area contributed by atoms with Gasteiger partial charge < -0.3 is 14.6 Å². The summed E-state index contributed by atoms with van der Waals surface area (Å²) in [6.07, 6.45) is -4.70. The molecule has 1 aliphatic rings. The van der Waals surface area contributed by atoms with Gasteiger partial charge in [0.1, 0.15) is 23.8 Å². The van der Waals surface area contributed by atoms with Crippen molar-refractivity contribution in [2.45, 2.75) is 6.30 Å². The molecule has 0 radical (unpaired) electrons. The first-order valence-corrected chi connectivity index (χ1v) is 8.42. The van der Waals surface area contributed by atoms with Crippen molar-refractivity contribution < 1.29 is 32.2 Å². The SMILES string of the molecule is COc1ccc(C2=C(c3ccc(OC)cc3)[N+](C)(C(F)(F)F)C(CO)=N2)cc1. The number of amidine groups is 1. The van der Waals surface area contributed by atoms with Gasteiger partial charge in [-0.15, -0.1) is 13.2 Å². The molecule has 0 aliphatic carbocycles. The Morgan fingerprint density at radius 2 is 1.36 bits per heavy atom. The van der Waals surface area contributed by atoms with Crippen LogP contribution in [0, 0.1) is 0 Å².